The average molecular weight is 342 g/mol. The summed E-state index contributed by atoms with van der Waals surface area (Å²) in [5, 5.41) is 6.85. The zero-order valence-corrected chi connectivity index (χ0v) is 15.2. The summed E-state index contributed by atoms with van der Waals surface area (Å²) in [7, 11) is 1.85. The fraction of sp³-hybridized carbons (Fsp3) is 0.526. The van der Waals surface area contributed by atoms with Gasteiger partial charge in [-0.15, -0.1) is 0 Å². The molecule has 1 fully saturated rings. The molecule has 1 aliphatic rings. The minimum absolute atomic E-state index is 0.0250. The van der Waals surface area contributed by atoms with Crippen LogP contribution < -0.4 is 0 Å². The quantitative estimate of drug-likeness (QED) is 0.875. The normalized spacial score (nSPS) is 20.0. The van der Waals surface area contributed by atoms with Crippen LogP contribution in [0.1, 0.15) is 41.3 Å². The number of amides is 1. The van der Waals surface area contributed by atoms with Gasteiger partial charge in [0.1, 0.15) is 12.2 Å². The highest BCUT2D eigenvalue weighted by atomic mass is 16.5. The van der Waals surface area contributed by atoms with Gasteiger partial charge in [-0.2, -0.15) is 5.10 Å². The van der Waals surface area contributed by atoms with Crippen LogP contribution in [0.4, 0.5) is 0 Å². The second-order valence-corrected chi connectivity index (χ2v) is 6.88. The number of benzene rings is 1. The summed E-state index contributed by atoms with van der Waals surface area (Å²) < 4.78 is 5.82. The van der Waals surface area contributed by atoms with Crippen molar-refractivity contribution in [3.8, 4) is 0 Å². The molecule has 2 atom stereocenters. The Balaban J connectivity index is 1.53. The first kappa shape index (κ1) is 17.6. The molecule has 0 unspecified atom stereocenters. The predicted molar refractivity (Wildman–Crippen MR) is 95.4 cm³/mol. The van der Waals surface area contributed by atoms with Gasteiger partial charge in [0, 0.05) is 32.5 Å². The van der Waals surface area contributed by atoms with Gasteiger partial charge in [-0.05, 0) is 37.8 Å². The van der Waals surface area contributed by atoms with Gasteiger partial charge in [0.15, 0.2) is 0 Å². The number of carbonyl (C=O) groups is 1. The summed E-state index contributed by atoms with van der Waals surface area (Å²) in [6.45, 7) is 5.46. The zero-order valence-electron chi connectivity index (χ0n) is 15.2. The lowest BCUT2D eigenvalue weighted by Gasteiger charge is -2.24. The Bertz CT molecular complexity index is 714. The van der Waals surface area contributed by atoms with Gasteiger partial charge in [-0.3, -0.25) is 9.89 Å². The first-order valence-electron chi connectivity index (χ1n) is 8.81. The van der Waals surface area contributed by atoms with Crippen LogP contribution in [0.2, 0.25) is 0 Å². The Hall–Kier alpha value is -2.21. The standard InChI is InChI=1S/C19H26N4O2/c1-13-4-5-15(14(2)10-13)6-7-18(24)23(3)11-17-16(8-9-25-17)19-20-12-21-22-19/h4-5,10,12,16-17H,6-9,11H2,1-3H3,(H,20,21,22)/t16-,17-/m1/s1. The van der Waals surface area contributed by atoms with Gasteiger partial charge in [-0.25, -0.2) is 4.98 Å². The molecule has 1 saturated heterocycles. The van der Waals surface area contributed by atoms with Crippen molar-refractivity contribution < 1.29 is 9.53 Å². The third-order valence-corrected chi connectivity index (χ3v) is 4.98. The molecule has 1 aliphatic heterocycles. The number of hydrogen-bond donors (Lipinski definition) is 1. The van der Waals surface area contributed by atoms with Crippen molar-refractivity contribution in [1.29, 1.82) is 0 Å². The van der Waals surface area contributed by atoms with Crippen LogP contribution in [0.25, 0.3) is 0 Å². The number of H-pyrrole nitrogens is 1. The number of rotatable bonds is 6. The fourth-order valence-corrected chi connectivity index (χ4v) is 3.47. The van der Waals surface area contributed by atoms with E-state index in [9.17, 15) is 4.79 Å². The van der Waals surface area contributed by atoms with Crippen LogP contribution in [-0.2, 0) is 16.0 Å². The van der Waals surface area contributed by atoms with E-state index in [0.29, 0.717) is 19.6 Å². The Labute approximate surface area is 148 Å². The lowest BCUT2D eigenvalue weighted by molar-refractivity contribution is -0.131. The molecule has 134 valence electrons. The lowest BCUT2D eigenvalue weighted by atomic mass is 9.99. The van der Waals surface area contributed by atoms with Crippen LogP contribution in [0.15, 0.2) is 24.5 Å². The molecule has 1 N–H and O–H groups in total. The van der Waals surface area contributed by atoms with Crippen molar-refractivity contribution >= 4 is 5.91 Å². The third kappa shape index (κ3) is 4.25. The average Bonchev–Trinajstić information content (AvgIpc) is 3.24. The largest absolute Gasteiger partial charge is 0.376 e. The number of aromatic nitrogens is 3. The molecule has 0 radical (unpaired) electrons. The molecule has 1 amide bonds. The van der Waals surface area contributed by atoms with Crippen LogP contribution in [0.5, 0.6) is 0 Å². The topological polar surface area (TPSA) is 71.1 Å². The van der Waals surface area contributed by atoms with Crippen molar-refractivity contribution in [2.24, 2.45) is 0 Å². The van der Waals surface area contributed by atoms with Gasteiger partial charge in [0.2, 0.25) is 5.91 Å². The van der Waals surface area contributed by atoms with Crippen LogP contribution >= 0.6 is 0 Å². The SMILES string of the molecule is Cc1ccc(CCC(=O)N(C)C[C@H]2OCC[C@H]2c2ncn[nH]2)c(C)c1. The molecule has 3 rings (SSSR count). The van der Waals surface area contributed by atoms with Crippen molar-refractivity contribution in [2.45, 2.75) is 45.1 Å². The van der Waals surface area contributed by atoms with Crippen molar-refractivity contribution in [3.63, 3.8) is 0 Å². The van der Waals surface area contributed by atoms with Gasteiger partial charge in [-0.1, -0.05) is 23.8 Å². The van der Waals surface area contributed by atoms with Crippen LogP contribution in [-0.4, -0.2) is 52.3 Å². The Morgan fingerprint density at radius 2 is 2.24 bits per heavy atom. The van der Waals surface area contributed by atoms with E-state index in [1.54, 1.807) is 4.90 Å². The lowest BCUT2D eigenvalue weighted by Crippen LogP contribution is -2.36. The number of carbonyl (C=O) groups excluding carboxylic acids is 1. The minimum Gasteiger partial charge on any atom is -0.376 e. The molecule has 1 aromatic carbocycles. The molecule has 6 heteroatoms. The molecule has 0 saturated carbocycles. The maximum atomic E-state index is 12.5. The van der Waals surface area contributed by atoms with E-state index in [4.69, 9.17) is 4.74 Å². The predicted octanol–water partition coefficient (Wildman–Crippen LogP) is 2.39. The molecule has 6 nitrogen and oxygen atoms in total. The van der Waals surface area contributed by atoms with E-state index in [-0.39, 0.29) is 17.9 Å². The molecule has 2 aromatic rings. The van der Waals surface area contributed by atoms with E-state index in [1.165, 1.54) is 23.0 Å². The highest BCUT2D eigenvalue weighted by Crippen LogP contribution is 2.29. The highest BCUT2D eigenvalue weighted by molar-refractivity contribution is 5.76. The van der Waals surface area contributed by atoms with E-state index >= 15 is 0 Å². The van der Waals surface area contributed by atoms with Gasteiger partial charge in [0.05, 0.1) is 6.10 Å². The number of aromatic amines is 1. The van der Waals surface area contributed by atoms with Gasteiger partial charge >= 0.3 is 0 Å². The van der Waals surface area contributed by atoms with Crippen molar-refractivity contribution in [1.82, 2.24) is 20.1 Å². The number of nitrogens with one attached hydrogen (secondary N) is 1. The Morgan fingerprint density at radius 1 is 1.40 bits per heavy atom. The molecule has 25 heavy (non-hydrogen) atoms. The molecular formula is C19H26N4O2. The first-order valence-corrected chi connectivity index (χ1v) is 8.81. The maximum Gasteiger partial charge on any atom is 0.222 e. The maximum absolute atomic E-state index is 12.5. The van der Waals surface area contributed by atoms with E-state index in [2.05, 4.69) is 47.2 Å². The van der Waals surface area contributed by atoms with Crippen molar-refractivity contribution in [2.75, 3.05) is 20.2 Å². The van der Waals surface area contributed by atoms with E-state index < -0.39 is 0 Å². The van der Waals surface area contributed by atoms with Gasteiger partial charge < -0.3 is 9.64 Å². The van der Waals surface area contributed by atoms with Gasteiger partial charge in [0.25, 0.3) is 0 Å². The molecule has 0 bridgehead atoms. The number of likely N-dealkylation sites (N-methyl/N-ethyl adjacent to an activating group) is 1. The summed E-state index contributed by atoms with van der Waals surface area (Å²) in [4.78, 5) is 18.5. The number of nitrogens with zero attached hydrogens (tertiary/aromatic N) is 3. The second-order valence-electron chi connectivity index (χ2n) is 6.88. The summed E-state index contributed by atoms with van der Waals surface area (Å²) >= 11 is 0. The summed E-state index contributed by atoms with van der Waals surface area (Å²) in [6, 6.07) is 6.39. The summed E-state index contributed by atoms with van der Waals surface area (Å²) in [5.74, 6) is 1.17. The van der Waals surface area contributed by atoms with Crippen LogP contribution in [0, 0.1) is 13.8 Å². The molecular weight excluding hydrogens is 316 g/mol. The number of hydrogen-bond acceptors (Lipinski definition) is 4. The first-order chi connectivity index (χ1) is 12.0. The van der Waals surface area contributed by atoms with Crippen molar-refractivity contribution in [3.05, 3.63) is 47.0 Å². The zero-order chi connectivity index (χ0) is 17.8. The molecule has 0 spiro atoms. The number of aryl methyl sites for hydroxylation is 3. The third-order valence-electron chi connectivity index (χ3n) is 4.98. The Morgan fingerprint density at radius 3 is 2.96 bits per heavy atom. The summed E-state index contributed by atoms with van der Waals surface area (Å²) in [6.07, 6.45) is 3.68. The Kier molecular flexibility index (Phi) is 5.48. The van der Waals surface area contributed by atoms with E-state index in [0.717, 1.165) is 18.7 Å². The summed E-state index contributed by atoms with van der Waals surface area (Å²) in [5.41, 5.74) is 3.74. The van der Waals surface area contributed by atoms with Crippen LogP contribution in [0.3, 0.4) is 0 Å². The molecule has 1 aromatic heterocycles. The minimum atomic E-state index is -0.0250. The fourth-order valence-electron chi connectivity index (χ4n) is 3.47. The molecule has 2 heterocycles. The molecule has 0 aliphatic carbocycles. The second kappa shape index (κ2) is 7.78. The highest BCUT2D eigenvalue weighted by Gasteiger charge is 2.33. The smallest absolute Gasteiger partial charge is 0.222 e. The number of ether oxygens (including phenoxy) is 1. The monoisotopic (exact) mass is 342 g/mol. The van der Waals surface area contributed by atoms with E-state index in [1.807, 2.05) is 7.05 Å².